The highest BCUT2D eigenvalue weighted by Crippen LogP contribution is 2.30. The van der Waals surface area contributed by atoms with Crippen LogP contribution in [0.25, 0.3) is 0 Å². The zero-order valence-corrected chi connectivity index (χ0v) is 36.6. The van der Waals surface area contributed by atoms with Gasteiger partial charge >= 0.3 is 10.0 Å². The lowest BCUT2D eigenvalue weighted by molar-refractivity contribution is -0.193. The third-order valence-electron chi connectivity index (χ3n) is 10.6. The molecule has 0 amide bonds. The van der Waals surface area contributed by atoms with Crippen molar-refractivity contribution in [1.29, 1.82) is 0 Å². The minimum Gasteiger partial charge on any atom is -0.399 e. The third-order valence-corrected chi connectivity index (χ3v) is 12.1. The number of thiol groups is 1. The minimum atomic E-state index is -1.09. The van der Waals surface area contributed by atoms with Crippen molar-refractivity contribution in [2.45, 2.75) is 270 Å². The van der Waals surface area contributed by atoms with E-state index in [0.29, 0.717) is 0 Å². The monoisotopic (exact) mass is 729 g/mol. The smallest absolute Gasteiger partial charge is 0.307 e. The van der Waals surface area contributed by atoms with Crippen LogP contribution in [-0.2, 0) is 13.6 Å². The maximum Gasteiger partial charge on any atom is 0.307 e. The normalized spacial score (nSPS) is 13.9. The molecule has 0 aromatic heterocycles. The molecule has 2 atom stereocenters. The van der Waals surface area contributed by atoms with Gasteiger partial charge in [0.2, 0.25) is 0 Å². The molecule has 2 unspecified atom stereocenters. The Labute approximate surface area is 318 Å². The van der Waals surface area contributed by atoms with Crippen molar-refractivity contribution >= 4 is 22.6 Å². The summed E-state index contributed by atoms with van der Waals surface area (Å²) in [4.78, 5) is 0. The molecule has 0 aliphatic carbocycles. The molecule has 0 saturated heterocycles. The van der Waals surface area contributed by atoms with Gasteiger partial charge in [0, 0.05) is 13.0 Å². The standard InChI is InChI=1S/C44H92O3SSi/c1-5-8-11-14-17-20-23-24-25-27-30-33-36-39-42-46-49-47-44(43(4)48,40-37-34-31-28-26-21-18-15-12-9-6-2)45-41-38-35-32-29-22-19-16-13-10-7-3/h43,48H,5-42,49H2,1-4H3. The van der Waals surface area contributed by atoms with Gasteiger partial charge in [0.05, 0.1) is 11.9 Å². The molecule has 0 rings (SSSR count). The molecule has 3 nitrogen and oxygen atoms in total. The third kappa shape index (κ3) is 35.3. The molecule has 0 aromatic rings. The lowest BCUT2D eigenvalue weighted by Gasteiger charge is -2.37. The lowest BCUT2D eigenvalue weighted by Crippen LogP contribution is -2.45. The maximum atomic E-state index is 6.64. The van der Waals surface area contributed by atoms with Crippen molar-refractivity contribution < 1.29 is 13.6 Å². The van der Waals surface area contributed by atoms with E-state index < -0.39 is 15.8 Å². The summed E-state index contributed by atoms with van der Waals surface area (Å²) in [5.41, 5.74) is 0. The van der Waals surface area contributed by atoms with Gasteiger partial charge in [-0.2, -0.15) is 12.6 Å². The second-order valence-electron chi connectivity index (χ2n) is 15.6. The molecule has 49 heavy (non-hydrogen) atoms. The molecular formula is C44H92O3SSi. The summed E-state index contributed by atoms with van der Waals surface area (Å²) in [5, 5.41) is 0.0518. The van der Waals surface area contributed by atoms with E-state index in [-0.39, 0.29) is 5.25 Å². The zero-order valence-electron chi connectivity index (χ0n) is 34.3. The molecule has 0 fully saturated rings. The summed E-state index contributed by atoms with van der Waals surface area (Å²) in [6.07, 6.45) is 48.8. The van der Waals surface area contributed by atoms with Gasteiger partial charge < -0.3 is 13.6 Å². The number of rotatable bonds is 43. The van der Waals surface area contributed by atoms with Crippen molar-refractivity contribution in [3.05, 3.63) is 0 Å². The van der Waals surface area contributed by atoms with Gasteiger partial charge in [0.1, 0.15) is 0 Å². The fourth-order valence-electron chi connectivity index (χ4n) is 7.11. The van der Waals surface area contributed by atoms with Crippen molar-refractivity contribution in [2.75, 3.05) is 13.2 Å². The van der Waals surface area contributed by atoms with Crippen LogP contribution >= 0.6 is 12.6 Å². The van der Waals surface area contributed by atoms with E-state index >= 15 is 0 Å². The summed E-state index contributed by atoms with van der Waals surface area (Å²) >= 11 is 4.94. The van der Waals surface area contributed by atoms with Crippen molar-refractivity contribution in [3.63, 3.8) is 0 Å². The number of unbranched alkanes of at least 4 members (excludes halogenated alkanes) is 32. The minimum absolute atomic E-state index is 0.0518. The SMILES string of the molecule is CCCCCCCCCCCCCCCCO[SiH2]OC(CCCCCCCCCCCCC)(OCCCCCCCCCCCC)C(C)S. The summed E-state index contributed by atoms with van der Waals surface area (Å²) < 4.78 is 19.4. The number of hydrogen-bond donors (Lipinski definition) is 1. The van der Waals surface area contributed by atoms with Crippen LogP contribution in [0.15, 0.2) is 0 Å². The van der Waals surface area contributed by atoms with Crippen LogP contribution in [0.4, 0.5) is 0 Å². The maximum absolute atomic E-state index is 6.64. The predicted molar refractivity (Wildman–Crippen MR) is 226 cm³/mol. The highest BCUT2D eigenvalue weighted by molar-refractivity contribution is 7.81. The Balaban J connectivity index is 4.27. The Kier molecular flexibility index (Phi) is 41.6. The van der Waals surface area contributed by atoms with Crippen LogP contribution in [0.2, 0.25) is 0 Å². The fraction of sp³-hybridized carbons (Fsp3) is 1.00. The van der Waals surface area contributed by atoms with Crippen molar-refractivity contribution in [3.8, 4) is 0 Å². The quantitative estimate of drug-likeness (QED) is 0.0293. The van der Waals surface area contributed by atoms with Crippen molar-refractivity contribution in [2.24, 2.45) is 0 Å². The number of hydrogen-bond acceptors (Lipinski definition) is 4. The molecule has 0 saturated carbocycles. The summed E-state index contributed by atoms with van der Waals surface area (Å²) in [5.74, 6) is -0.580. The first-order valence-corrected chi connectivity index (χ1v) is 24.3. The van der Waals surface area contributed by atoms with E-state index in [0.717, 1.165) is 38.9 Å². The van der Waals surface area contributed by atoms with Gasteiger partial charge in [0.15, 0.2) is 5.79 Å². The molecule has 0 aliphatic heterocycles. The Morgan fingerprint density at radius 3 is 1.02 bits per heavy atom. The Morgan fingerprint density at radius 2 is 0.694 bits per heavy atom. The topological polar surface area (TPSA) is 27.7 Å². The largest absolute Gasteiger partial charge is 0.399 e. The molecule has 0 spiro atoms. The van der Waals surface area contributed by atoms with Crippen LogP contribution in [0.3, 0.4) is 0 Å². The Morgan fingerprint density at radius 1 is 0.408 bits per heavy atom. The average Bonchev–Trinajstić information content (AvgIpc) is 3.10. The van der Waals surface area contributed by atoms with E-state index in [4.69, 9.17) is 26.2 Å². The van der Waals surface area contributed by atoms with Crippen LogP contribution < -0.4 is 0 Å². The van der Waals surface area contributed by atoms with Crippen LogP contribution in [0.1, 0.15) is 259 Å². The van der Waals surface area contributed by atoms with E-state index in [1.165, 1.54) is 205 Å². The van der Waals surface area contributed by atoms with E-state index in [9.17, 15) is 0 Å². The van der Waals surface area contributed by atoms with Gasteiger partial charge in [-0.05, 0) is 26.2 Å². The molecule has 5 heteroatoms. The average molecular weight is 729 g/mol. The molecule has 0 bridgehead atoms. The van der Waals surface area contributed by atoms with E-state index in [2.05, 4.69) is 27.7 Å². The second-order valence-corrected chi connectivity index (χ2v) is 17.3. The highest BCUT2D eigenvalue weighted by Gasteiger charge is 2.36. The summed E-state index contributed by atoms with van der Waals surface area (Å²) in [6, 6.07) is 0. The summed E-state index contributed by atoms with van der Waals surface area (Å²) in [6.45, 7) is 10.7. The van der Waals surface area contributed by atoms with Gasteiger partial charge in [-0.3, -0.25) is 0 Å². The lowest BCUT2D eigenvalue weighted by atomic mass is 10.0. The predicted octanol–water partition coefficient (Wildman–Crippen LogP) is 15.2. The van der Waals surface area contributed by atoms with Gasteiger partial charge in [-0.15, -0.1) is 0 Å². The van der Waals surface area contributed by atoms with E-state index in [1.54, 1.807) is 0 Å². The Bertz CT molecular complexity index is 579. The fourth-order valence-corrected chi connectivity index (χ4v) is 8.61. The second kappa shape index (κ2) is 41.2. The van der Waals surface area contributed by atoms with Crippen LogP contribution in [0, 0.1) is 0 Å². The molecule has 0 heterocycles. The molecule has 0 aliphatic rings. The van der Waals surface area contributed by atoms with Gasteiger partial charge in [0.25, 0.3) is 0 Å². The first kappa shape index (κ1) is 49.4. The Hall–Kier alpha value is 0.447. The molecular weight excluding hydrogens is 637 g/mol. The van der Waals surface area contributed by atoms with Crippen LogP contribution in [0.5, 0.6) is 0 Å². The van der Waals surface area contributed by atoms with E-state index in [1.807, 2.05) is 0 Å². The highest BCUT2D eigenvalue weighted by atomic mass is 32.1. The molecule has 0 aromatic carbocycles. The molecule has 0 N–H and O–H groups in total. The molecule has 0 radical (unpaired) electrons. The zero-order chi connectivity index (χ0) is 35.8. The number of ether oxygens (including phenoxy) is 1. The van der Waals surface area contributed by atoms with Gasteiger partial charge in [-0.1, -0.05) is 226 Å². The summed E-state index contributed by atoms with van der Waals surface area (Å²) in [7, 11) is -1.09. The van der Waals surface area contributed by atoms with Crippen molar-refractivity contribution in [1.82, 2.24) is 0 Å². The van der Waals surface area contributed by atoms with Gasteiger partial charge in [-0.25, -0.2) is 0 Å². The first-order valence-electron chi connectivity index (χ1n) is 22.7. The van der Waals surface area contributed by atoms with Crippen LogP contribution in [-0.4, -0.2) is 34.3 Å². The molecule has 296 valence electrons. The first-order chi connectivity index (χ1) is 24.1.